The highest BCUT2D eigenvalue weighted by Crippen LogP contribution is 2.23. The van der Waals surface area contributed by atoms with Gasteiger partial charge >= 0.3 is 0 Å². The van der Waals surface area contributed by atoms with E-state index in [0.29, 0.717) is 32.3 Å². The van der Waals surface area contributed by atoms with Crippen molar-refractivity contribution in [1.82, 2.24) is 4.90 Å². The van der Waals surface area contributed by atoms with Gasteiger partial charge in [-0.05, 0) is 26.2 Å². The van der Waals surface area contributed by atoms with E-state index < -0.39 is 6.04 Å². The molecule has 2 aliphatic rings. The Balaban J connectivity index is 1.78. The van der Waals surface area contributed by atoms with E-state index in [1.165, 1.54) is 0 Å². The minimum Gasteiger partial charge on any atom is -0.376 e. The minimum atomic E-state index is -0.422. The summed E-state index contributed by atoms with van der Waals surface area (Å²) in [6.45, 7) is 3.45. The Morgan fingerprint density at radius 3 is 3.00 bits per heavy atom. The topological polar surface area (TPSA) is 62.6 Å². The Bertz CT molecular complexity index is 340. The SMILES string of the molecule is C[C@@H]1CC[C@@H](CCC(=O)N2CCOC[C@@H]2C#N)O1. The van der Waals surface area contributed by atoms with E-state index >= 15 is 0 Å². The van der Waals surface area contributed by atoms with Crippen molar-refractivity contribution >= 4 is 5.91 Å². The first-order valence-corrected chi connectivity index (χ1v) is 6.63. The van der Waals surface area contributed by atoms with Gasteiger partial charge in [0.15, 0.2) is 0 Å². The van der Waals surface area contributed by atoms with Gasteiger partial charge in [-0.2, -0.15) is 5.26 Å². The van der Waals surface area contributed by atoms with Gasteiger partial charge in [0.25, 0.3) is 0 Å². The molecular formula is C13H20N2O3. The Morgan fingerprint density at radius 2 is 2.33 bits per heavy atom. The minimum absolute atomic E-state index is 0.0491. The van der Waals surface area contributed by atoms with E-state index in [4.69, 9.17) is 14.7 Å². The van der Waals surface area contributed by atoms with E-state index in [1.807, 2.05) is 0 Å². The summed E-state index contributed by atoms with van der Waals surface area (Å²) >= 11 is 0. The molecule has 0 unspecified atom stereocenters. The molecule has 0 bridgehead atoms. The molecule has 3 atom stereocenters. The van der Waals surface area contributed by atoms with Crippen molar-refractivity contribution in [2.24, 2.45) is 0 Å². The molecule has 0 aliphatic carbocycles. The number of carbonyl (C=O) groups excluding carboxylic acids is 1. The number of hydrogen-bond donors (Lipinski definition) is 0. The van der Waals surface area contributed by atoms with Crippen LogP contribution in [0, 0.1) is 11.3 Å². The van der Waals surface area contributed by atoms with Crippen molar-refractivity contribution < 1.29 is 14.3 Å². The van der Waals surface area contributed by atoms with Crippen molar-refractivity contribution in [3.05, 3.63) is 0 Å². The van der Waals surface area contributed by atoms with Crippen LogP contribution in [0.2, 0.25) is 0 Å². The van der Waals surface area contributed by atoms with Crippen LogP contribution in [-0.4, -0.2) is 48.8 Å². The molecule has 2 fully saturated rings. The van der Waals surface area contributed by atoms with Gasteiger partial charge in [-0.15, -0.1) is 0 Å². The monoisotopic (exact) mass is 252 g/mol. The van der Waals surface area contributed by atoms with Gasteiger partial charge in [0.2, 0.25) is 5.91 Å². The molecule has 1 amide bonds. The van der Waals surface area contributed by atoms with E-state index in [-0.39, 0.29) is 12.0 Å². The number of morpholine rings is 1. The Hall–Kier alpha value is -1.12. The van der Waals surface area contributed by atoms with E-state index in [9.17, 15) is 4.79 Å². The Kier molecular flexibility index (Phi) is 4.56. The maximum atomic E-state index is 12.1. The van der Waals surface area contributed by atoms with Crippen molar-refractivity contribution in [2.75, 3.05) is 19.8 Å². The molecule has 2 rings (SSSR count). The largest absolute Gasteiger partial charge is 0.376 e. The summed E-state index contributed by atoms with van der Waals surface area (Å²) in [6.07, 6.45) is 3.89. The summed E-state index contributed by atoms with van der Waals surface area (Å²) in [4.78, 5) is 13.7. The highest BCUT2D eigenvalue weighted by Gasteiger charge is 2.28. The van der Waals surface area contributed by atoms with Gasteiger partial charge in [-0.1, -0.05) is 0 Å². The first-order valence-electron chi connectivity index (χ1n) is 6.63. The van der Waals surface area contributed by atoms with Gasteiger partial charge in [0.05, 0.1) is 31.5 Å². The maximum Gasteiger partial charge on any atom is 0.223 e. The smallest absolute Gasteiger partial charge is 0.223 e. The summed E-state index contributed by atoms with van der Waals surface area (Å²) in [5.41, 5.74) is 0. The van der Waals surface area contributed by atoms with Crippen molar-refractivity contribution in [2.45, 2.75) is 50.9 Å². The summed E-state index contributed by atoms with van der Waals surface area (Å²) in [5, 5.41) is 8.98. The van der Waals surface area contributed by atoms with E-state index in [0.717, 1.165) is 19.3 Å². The van der Waals surface area contributed by atoms with Crippen LogP contribution in [0.4, 0.5) is 0 Å². The molecule has 18 heavy (non-hydrogen) atoms. The molecule has 0 radical (unpaired) electrons. The number of ether oxygens (including phenoxy) is 2. The zero-order valence-corrected chi connectivity index (χ0v) is 10.8. The molecule has 2 heterocycles. The molecule has 2 saturated heterocycles. The molecule has 5 nitrogen and oxygen atoms in total. The van der Waals surface area contributed by atoms with Crippen LogP contribution in [-0.2, 0) is 14.3 Å². The average molecular weight is 252 g/mol. The van der Waals surface area contributed by atoms with Gasteiger partial charge < -0.3 is 14.4 Å². The van der Waals surface area contributed by atoms with Crippen LogP contribution in [0.3, 0.4) is 0 Å². The number of nitrogens with zero attached hydrogens (tertiary/aromatic N) is 2. The van der Waals surface area contributed by atoms with E-state index in [1.54, 1.807) is 4.90 Å². The second-order valence-corrected chi connectivity index (χ2v) is 4.99. The molecule has 0 N–H and O–H groups in total. The number of nitriles is 1. The zero-order chi connectivity index (χ0) is 13.0. The molecule has 5 heteroatoms. The van der Waals surface area contributed by atoms with Crippen LogP contribution in [0.5, 0.6) is 0 Å². The predicted octanol–water partition coefficient (Wildman–Crippen LogP) is 1.09. The van der Waals surface area contributed by atoms with Gasteiger partial charge in [-0.3, -0.25) is 4.79 Å². The van der Waals surface area contributed by atoms with Crippen LogP contribution in [0.1, 0.15) is 32.6 Å². The Morgan fingerprint density at radius 1 is 1.50 bits per heavy atom. The predicted molar refractivity (Wildman–Crippen MR) is 64.7 cm³/mol. The number of rotatable bonds is 3. The fourth-order valence-corrected chi connectivity index (χ4v) is 2.53. The lowest BCUT2D eigenvalue weighted by molar-refractivity contribution is -0.138. The highest BCUT2D eigenvalue weighted by atomic mass is 16.5. The third-order valence-corrected chi connectivity index (χ3v) is 3.60. The fraction of sp³-hybridized carbons (Fsp3) is 0.846. The number of carbonyl (C=O) groups is 1. The van der Waals surface area contributed by atoms with Gasteiger partial charge in [-0.25, -0.2) is 0 Å². The lowest BCUT2D eigenvalue weighted by atomic mass is 10.1. The lowest BCUT2D eigenvalue weighted by Crippen LogP contribution is -2.48. The number of hydrogen-bond acceptors (Lipinski definition) is 4. The summed E-state index contributed by atoms with van der Waals surface area (Å²) < 4.78 is 10.9. The van der Waals surface area contributed by atoms with Crippen molar-refractivity contribution in [3.8, 4) is 6.07 Å². The third-order valence-electron chi connectivity index (χ3n) is 3.60. The molecule has 2 aliphatic heterocycles. The second kappa shape index (κ2) is 6.17. The zero-order valence-electron chi connectivity index (χ0n) is 10.8. The van der Waals surface area contributed by atoms with E-state index in [2.05, 4.69) is 13.0 Å². The lowest BCUT2D eigenvalue weighted by Gasteiger charge is -2.31. The van der Waals surface area contributed by atoms with Crippen LogP contribution >= 0.6 is 0 Å². The highest BCUT2D eigenvalue weighted by molar-refractivity contribution is 5.77. The third kappa shape index (κ3) is 3.21. The Labute approximate surface area is 108 Å². The van der Waals surface area contributed by atoms with Crippen molar-refractivity contribution in [1.29, 1.82) is 5.26 Å². The molecule has 0 aromatic carbocycles. The normalized spacial score (nSPS) is 32.2. The molecule has 0 saturated carbocycles. The molecule has 0 aromatic rings. The first-order chi connectivity index (χ1) is 8.70. The van der Waals surface area contributed by atoms with Crippen LogP contribution < -0.4 is 0 Å². The molecule has 100 valence electrons. The molecule has 0 aromatic heterocycles. The standard InChI is InChI=1S/C13H20N2O3/c1-10-2-3-12(18-10)4-5-13(16)15-6-7-17-9-11(15)8-14/h10-12H,2-7,9H2,1H3/t10-,11+,12+/m1/s1. The quantitative estimate of drug-likeness (QED) is 0.754. The summed E-state index contributed by atoms with van der Waals surface area (Å²) in [5.74, 6) is 0.0491. The van der Waals surface area contributed by atoms with Crippen molar-refractivity contribution in [3.63, 3.8) is 0 Å². The van der Waals surface area contributed by atoms with Gasteiger partial charge in [0.1, 0.15) is 6.04 Å². The molecule has 0 spiro atoms. The average Bonchev–Trinajstić information content (AvgIpc) is 2.81. The number of amides is 1. The molecular weight excluding hydrogens is 232 g/mol. The summed E-state index contributed by atoms with van der Waals surface area (Å²) in [6, 6.07) is 1.70. The van der Waals surface area contributed by atoms with Gasteiger partial charge in [0, 0.05) is 13.0 Å². The summed E-state index contributed by atoms with van der Waals surface area (Å²) in [7, 11) is 0. The second-order valence-electron chi connectivity index (χ2n) is 4.99. The van der Waals surface area contributed by atoms with Crippen LogP contribution in [0.25, 0.3) is 0 Å². The fourth-order valence-electron chi connectivity index (χ4n) is 2.53. The van der Waals surface area contributed by atoms with Crippen LogP contribution in [0.15, 0.2) is 0 Å². The maximum absolute atomic E-state index is 12.1. The first kappa shape index (κ1) is 13.3.